The van der Waals surface area contributed by atoms with Crippen LogP contribution in [0.25, 0.3) is 11.1 Å². The number of anilines is 1. The molecule has 0 bridgehead atoms. The standard InChI is InChI=1S/C31H41N3O6S2/c1-20(35)42-24-17-23(34(19-24)30(38)40-31(2,3)4)18-32-22-12-13-25(26(16-22)21-10-8-7-9-11-21)28(36)33-27(14-15-41-6)29(37)39-5/h7-13,16,23-24,27,32H,14-15,17-19H2,1-6H3,(H,33,36)/t23-,24-,27?/m0/s1. The molecule has 0 saturated carbocycles. The van der Waals surface area contributed by atoms with Gasteiger partial charge in [-0.15, -0.1) is 0 Å². The van der Waals surface area contributed by atoms with E-state index in [-0.39, 0.29) is 22.3 Å². The van der Waals surface area contributed by atoms with E-state index in [4.69, 9.17) is 9.47 Å². The van der Waals surface area contributed by atoms with Crippen LogP contribution in [-0.2, 0) is 19.1 Å². The Morgan fingerprint density at radius 2 is 1.81 bits per heavy atom. The zero-order valence-corrected chi connectivity index (χ0v) is 26.7. The van der Waals surface area contributed by atoms with E-state index >= 15 is 0 Å². The maximum Gasteiger partial charge on any atom is 0.410 e. The van der Waals surface area contributed by atoms with Crippen molar-refractivity contribution in [3.05, 3.63) is 54.1 Å². The summed E-state index contributed by atoms with van der Waals surface area (Å²) in [6.45, 7) is 7.89. The molecule has 1 aliphatic rings. The molecule has 3 rings (SSSR count). The van der Waals surface area contributed by atoms with Gasteiger partial charge in [0.25, 0.3) is 5.91 Å². The lowest BCUT2D eigenvalue weighted by molar-refractivity contribution is -0.142. The van der Waals surface area contributed by atoms with Crippen LogP contribution in [0.2, 0.25) is 0 Å². The summed E-state index contributed by atoms with van der Waals surface area (Å²) in [5.74, 6) is -0.154. The summed E-state index contributed by atoms with van der Waals surface area (Å²) in [7, 11) is 1.31. The Morgan fingerprint density at radius 3 is 2.43 bits per heavy atom. The van der Waals surface area contributed by atoms with Crippen LogP contribution in [0, 0.1) is 0 Å². The fraction of sp³-hybridized carbons (Fsp3) is 0.484. The molecule has 1 fully saturated rings. The van der Waals surface area contributed by atoms with Crippen molar-refractivity contribution in [2.45, 2.75) is 63.5 Å². The van der Waals surface area contributed by atoms with E-state index in [9.17, 15) is 19.2 Å². The van der Waals surface area contributed by atoms with E-state index in [1.54, 1.807) is 22.7 Å². The van der Waals surface area contributed by atoms with Crippen molar-refractivity contribution < 1.29 is 28.7 Å². The maximum absolute atomic E-state index is 13.4. The molecule has 0 aromatic heterocycles. The minimum atomic E-state index is -0.751. The number of rotatable bonds is 11. The minimum absolute atomic E-state index is 0.0124. The van der Waals surface area contributed by atoms with Gasteiger partial charge in [-0.25, -0.2) is 9.59 Å². The molecule has 0 spiro atoms. The van der Waals surface area contributed by atoms with E-state index in [0.717, 1.165) is 11.3 Å². The first-order valence-electron chi connectivity index (χ1n) is 13.9. The SMILES string of the molecule is COC(=O)C(CCSC)NC(=O)c1ccc(NC[C@@H]2C[C@H](SC(C)=O)CN2C(=O)OC(C)(C)C)cc1-c1ccccc1. The molecule has 2 N–H and O–H groups in total. The highest BCUT2D eigenvalue weighted by atomic mass is 32.2. The van der Waals surface area contributed by atoms with Gasteiger partial charge in [-0.2, -0.15) is 11.8 Å². The van der Waals surface area contributed by atoms with Crippen molar-refractivity contribution in [2.24, 2.45) is 0 Å². The molecule has 1 saturated heterocycles. The smallest absolute Gasteiger partial charge is 0.410 e. The number of thioether (sulfide) groups is 2. The molecule has 2 aromatic rings. The molecular formula is C31H41N3O6S2. The topological polar surface area (TPSA) is 114 Å². The zero-order chi connectivity index (χ0) is 30.9. The largest absolute Gasteiger partial charge is 0.467 e. The average Bonchev–Trinajstić information content (AvgIpc) is 3.35. The second-order valence-electron chi connectivity index (χ2n) is 11.1. The van der Waals surface area contributed by atoms with Crippen LogP contribution in [0.15, 0.2) is 48.5 Å². The third kappa shape index (κ3) is 9.69. The van der Waals surface area contributed by atoms with Gasteiger partial charge in [-0.1, -0.05) is 42.1 Å². The highest BCUT2D eigenvalue weighted by Crippen LogP contribution is 2.31. The first-order chi connectivity index (χ1) is 19.9. The van der Waals surface area contributed by atoms with Gasteiger partial charge < -0.3 is 25.0 Å². The number of likely N-dealkylation sites (tertiary alicyclic amines) is 1. The Morgan fingerprint density at radius 1 is 1.10 bits per heavy atom. The van der Waals surface area contributed by atoms with Gasteiger partial charge in [0, 0.05) is 36.5 Å². The quantitative estimate of drug-likeness (QED) is 0.319. The number of nitrogens with one attached hydrogen (secondary N) is 2. The van der Waals surface area contributed by atoms with Crippen LogP contribution in [0.4, 0.5) is 10.5 Å². The van der Waals surface area contributed by atoms with Crippen LogP contribution in [0.5, 0.6) is 0 Å². The second kappa shape index (κ2) is 15.3. The number of ether oxygens (including phenoxy) is 2. The highest BCUT2D eigenvalue weighted by Gasteiger charge is 2.38. The Bertz CT molecular complexity index is 1250. The van der Waals surface area contributed by atoms with Gasteiger partial charge >= 0.3 is 12.1 Å². The second-order valence-corrected chi connectivity index (χ2v) is 13.6. The van der Waals surface area contributed by atoms with Crippen molar-refractivity contribution in [3.63, 3.8) is 0 Å². The molecule has 3 atom stereocenters. The summed E-state index contributed by atoms with van der Waals surface area (Å²) >= 11 is 2.84. The molecule has 9 nitrogen and oxygen atoms in total. The lowest BCUT2D eigenvalue weighted by Crippen LogP contribution is -2.42. The maximum atomic E-state index is 13.4. The van der Waals surface area contributed by atoms with Crippen molar-refractivity contribution in [1.29, 1.82) is 0 Å². The van der Waals surface area contributed by atoms with E-state index in [1.807, 2.05) is 69.5 Å². The summed E-state index contributed by atoms with van der Waals surface area (Å²) in [4.78, 5) is 52.2. The van der Waals surface area contributed by atoms with Crippen molar-refractivity contribution >= 4 is 52.3 Å². The molecule has 0 aliphatic carbocycles. The first kappa shape index (κ1) is 33.3. The number of hydrogen-bond acceptors (Lipinski definition) is 9. The van der Waals surface area contributed by atoms with Crippen molar-refractivity contribution in [2.75, 3.05) is 37.5 Å². The summed E-state index contributed by atoms with van der Waals surface area (Å²) in [6, 6.07) is 14.1. The molecule has 1 unspecified atom stereocenters. The number of esters is 1. The lowest BCUT2D eigenvalue weighted by Gasteiger charge is -2.29. The molecule has 42 heavy (non-hydrogen) atoms. The summed E-state index contributed by atoms with van der Waals surface area (Å²) < 4.78 is 10.6. The normalized spacial score (nSPS) is 17.3. The predicted molar refractivity (Wildman–Crippen MR) is 170 cm³/mol. The molecular weight excluding hydrogens is 574 g/mol. The van der Waals surface area contributed by atoms with Crippen LogP contribution in [0.1, 0.15) is 50.9 Å². The number of carbonyl (C=O) groups excluding carboxylic acids is 4. The predicted octanol–water partition coefficient (Wildman–Crippen LogP) is 5.45. The molecule has 228 valence electrons. The Labute approximate surface area is 256 Å². The molecule has 1 heterocycles. The fourth-order valence-electron chi connectivity index (χ4n) is 4.74. The Kier molecular flexibility index (Phi) is 12.2. The van der Waals surface area contributed by atoms with Crippen LogP contribution in [-0.4, -0.2) is 83.1 Å². The third-order valence-electron chi connectivity index (χ3n) is 6.63. The number of nitrogens with zero attached hydrogens (tertiary/aromatic N) is 1. The third-order valence-corrected chi connectivity index (χ3v) is 8.28. The van der Waals surface area contributed by atoms with Gasteiger partial charge in [0.1, 0.15) is 11.6 Å². The Balaban J connectivity index is 1.84. The summed E-state index contributed by atoms with van der Waals surface area (Å²) in [6.07, 6.45) is 2.64. The van der Waals surface area contributed by atoms with E-state index in [0.29, 0.717) is 42.8 Å². The van der Waals surface area contributed by atoms with Gasteiger partial charge in [-0.05, 0) is 74.9 Å². The number of amides is 2. The van der Waals surface area contributed by atoms with Gasteiger partial charge in [0.05, 0.1) is 13.2 Å². The van der Waals surface area contributed by atoms with E-state index in [2.05, 4.69) is 10.6 Å². The monoisotopic (exact) mass is 615 g/mol. The van der Waals surface area contributed by atoms with E-state index in [1.165, 1.54) is 25.8 Å². The number of benzene rings is 2. The molecule has 11 heteroatoms. The molecule has 2 amide bonds. The van der Waals surface area contributed by atoms with Crippen molar-refractivity contribution in [1.82, 2.24) is 10.2 Å². The van der Waals surface area contributed by atoms with E-state index < -0.39 is 23.7 Å². The minimum Gasteiger partial charge on any atom is -0.467 e. The average molecular weight is 616 g/mol. The lowest BCUT2D eigenvalue weighted by atomic mass is 9.98. The zero-order valence-electron chi connectivity index (χ0n) is 25.1. The van der Waals surface area contributed by atoms with Crippen LogP contribution >= 0.6 is 23.5 Å². The van der Waals surface area contributed by atoms with Gasteiger partial charge in [-0.3, -0.25) is 9.59 Å². The summed E-state index contributed by atoms with van der Waals surface area (Å²) in [5, 5.41) is 6.28. The number of methoxy groups -OCH3 is 1. The van der Waals surface area contributed by atoms with Crippen molar-refractivity contribution in [3.8, 4) is 11.1 Å². The van der Waals surface area contributed by atoms with Crippen LogP contribution < -0.4 is 10.6 Å². The van der Waals surface area contributed by atoms with Crippen LogP contribution in [0.3, 0.4) is 0 Å². The fourth-order valence-corrected chi connectivity index (χ4v) is 6.23. The summed E-state index contributed by atoms with van der Waals surface area (Å²) in [5.41, 5.74) is 2.11. The molecule has 1 aliphatic heterocycles. The molecule has 0 radical (unpaired) electrons. The Hall–Kier alpha value is -3.18. The first-order valence-corrected chi connectivity index (χ1v) is 16.2. The molecule has 2 aromatic carbocycles. The van der Waals surface area contributed by atoms with Gasteiger partial charge in [0.2, 0.25) is 0 Å². The number of hydrogen-bond donors (Lipinski definition) is 2. The number of carbonyl (C=O) groups is 4. The van der Waals surface area contributed by atoms with Gasteiger partial charge in [0.15, 0.2) is 5.12 Å². The highest BCUT2D eigenvalue weighted by molar-refractivity contribution is 8.14.